The van der Waals surface area contributed by atoms with Crippen LogP contribution in [0.2, 0.25) is 0 Å². The Morgan fingerprint density at radius 2 is 1.32 bits per heavy atom. The van der Waals surface area contributed by atoms with Gasteiger partial charge < -0.3 is 9.59 Å². The fourth-order valence-corrected chi connectivity index (χ4v) is 9.30. The molecule has 4 aliphatic carbocycles. The van der Waals surface area contributed by atoms with Crippen LogP contribution in [0, 0.1) is 36.8 Å². The molecule has 6 atom stereocenters. The summed E-state index contributed by atoms with van der Waals surface area (Å²) >= 11 is 0. The fourth-order valence-electron chi connectivity index (χ4n) is 9.30. The van der Waals surface area contributed by atoms with Gasteiger partial charge in [-0.2, -0.15) is 14.9 Å². The number of Topliss-reactive ketones (excluding diaryl/α,β-unsaturated/α-hetero) is 2. The third-order valence-electron chi connectivity index (χ3n) is 11.9. The van der Waals surface area contributed by atoms with Crippen molar-refractivity contribution in [2.75, 3.05) is 0 Å². The molecule has 4 aliphatic rings. The summed E-state index contributed by atoms with van der Waals surface area (Å²) in [7, 11) is 2.50. The first-order chi connectivity index (χ1) is 26.4. The first-order valence-corrected chi connectivity index (χ1v) is 17.6. The quantitative estimate of drug-likeness (QED) is 0.209. The number of carbonyl (C=O) groups excluding carboxylic acids is 3. The van der Waals surface area contributed by atoms with Crippen LogP contribution in [0.3, 0.4) is 0 Å². The van der Waals surface area contributed by atoms with Crippen LogP contribution < -0.4 is 0 Å². The second kappa shape index (κ2) is 14.4. The van der Waals surface area contributed by atoms with Crippen molar-refractivity contribution in [3.63, 3.8) is 0 Å². The number of H-pyrrole nitrogens is 1. The number of ketones is 2. The lowest BCUT2D eigenvalue weighted by Gasteiger charge is -2.45. The van der Waals surface area contributed by atoms with Crippen molar-refractivity contribution >= 4 is 17.5 Å². The largest absolute Gasteiger partial charge is 0.308 e. The van der Waals surface area contributed by atoms with E-state index in [0.29, 0.717) is 0 Å². The van der Waals surface area contributed by atoms with Gasteiger partial charge in [0.25, 0.3) is 0 Å². The predicted molar refractivity (Wildman–Crippen MR) is 207 cm³/mol. The smallest absolute Gasteiger partial charge is 0.244 e. The molecule has 0 bridgehead atoms. The van der Waals surface area contributed by atoms with Crippen molar-refractivity contribution in [3.05, 3.63) is 130 Å². The number of nitrogens with one attached hydrogen (secondary N) is 1. The maximum atomic E-state index is 12.5. The lowest BCUT2D eigenvalue weighted by molar-refractivity contribution is -0.122. The summed E-state index contributed by atoms with van der Waals surface area (Å²) in [5.41, 5.74) is 7.66. The summed E-state index contributed by atoms with van der Waals surface area (Å²) in [5, 5.41) is 12.5. The number of hydrogen-bond donors (Lipinski definition) is 1. The van der Waals surface area contributed by atoms with Gasteiger partial charge in [-0.3, -0.25) is 9.89 Å². The average Bonchev–Trinajstić information content (AvgIpc) is 3.85. The summed E-state index contributed by atoms with van der Waals surface area (Å²) < 4.78 is 13.0. The number of nitrogens with zero attached hydrogens (tertiary/aromatic N) is 5. The lowest BCUT2D eigenvalue weighted by Crippen LogP contribution is -2.45. The third kappa shape index (κ3) is 5.99. The van der Waals surface area contributed by atoms with Crippen LogP contribution in [0.5, 0.6) is 0 Å². The maximum absolute atomic E-state index is 12.5. The van der Waals surface area contributed by atoms with Crippen molar-refractivity contribution in [3.8, 4) is 22.5 Å². The molecule has 9 heteroatoms. The van der Waals surface area contributed by atoms with Crippen LogP contribution in [0.25, 0.3) is 32.2 Å². The number of fused-ring (bicyclic) bond motifs is 6. The minimum absolute atomic E-state index is 0.0151. The highest BCUT2D eigenvalue weighted by molar-refractivity contribution is 6.01. The van der Waals surface area contributed by atoms with E-state index in [9.17, 15) is 14.4 Å². The minimum atomic E-state index is -0.523. The molecule has 0 saturated heterocycles. The van der Waals surface area contributed by atoms with Gasteiger partial charge in [0.15, 0.2) is 11.6 Å². The number of aromatic nitrogens is 4. The van der Waals surface area contributed by atoms with Crippen molar-refractivity contribution in [1.82, 2.24) is 20.0 Å². The standard InChI is InChI=1S/C22H21N3O2.C20H19N3O.2CH4/c1-13-17-11-10-16-19(15-8-6-5-7-9-15)25(14(2)26)24-21(16)22(17,3)12-18(23-4)20(13)27;1-12-15-10-9-14-17(13-7-5-4-6-8-13)22-23-19(14)20(15,2)11-16(21-3)18(12)24;;/h5-9,12-13,17H,10-11H2,1-3H3;4-8,11-12,15H,9-10H2,1-2H3,(H,22,23);2*1H4/t13-,17-,22-;12-,15-,20-;;/m00../s1/i;;2*1T. The Bertz CT molecular complexity index is 2240. The normalized spacial score (nSPS) is 26.7. The van der Waals surface area contributed by atoms with Crippen molar-refractivity contribution in [1.29, 1.82) is 0 Å². The van der Waals surface area contributed by atoms with E-state index < -0.39 is 5.41 Å². The highest BCUT2D eigenvalue weighted by Crippen LogP contribution is 2.52. The first-order valence-electron chi connectivity index (χ1n) is 19.6. The zero-order chi connectivity index (χ0) is 40.2. The fraction of sp³-hybridized carbons (Fsp3) is 0.386. The van der Waals surface area contributed by atoms with Gasteiger partial charge in [0, 0.05) is 60.3 Å². The Kier molecular flexibility index (Phi) is 9.70. The summed E-state index contributed by atoms with van der Waals surface area (Å²) in [4.78, 5) is 44.2. The minimum Gasteiger partial charge on any atom is -0.308 e. The third-order valence-corrected chi connectivity index (χ3v) is 11.9. The molecule has 2 heterocycles. The number of hydrogen-bond acceptors (Lipinski definition) is 5. The van der Waals surface area contributed by atoms with Crippen LogP contribution in [0.4, 0.5) is 0 Å². The van der Waals surface area contributed by atoms with E-state index in [1.807, 2.05) is 68.5 Å². The molecule has 4 aromatic rings. The predicted octanol–water partition coefficient (Wildman–Crippen LogP) is 9.24. The Balaban J connectivity index is 0.000000195. The molecular weight excluding hydrogens is 661 g/mol. The Morgan fingerprint density at radius 3 is 1.85 bits per heavy atom. The van der Waals surface area contributed by atoms with Crippen molar-refractivity contribution in [2.24, 2.45) is 23.7 Å². The summed E-state index contributed by atoms with van der Waals surface area (Å²) in [6.07, 6.45) is 7.12. The van der Waals surface area contributed by atoms with Gasteiger partial charge >= 0.3 is 0 Å². The Morgan fingerprint density at radius 1 is 0.830 bits per heavy atom. The van der Waals surface area contributed by atoms with Crippen LogP contribution in [0.15, 0.2) is 84.2 Å². The number of allylic oxidation sites excluding steroid dienone is 4. The second-order valence-corrected chi connectivity index (χ2v) is 14.7. The molecule has 0 fully saturated rings. The molecule has 8 rings (SSSR count). The summed E-state index contributed by atoms with van der Waals surface area (Å²) in [5.74, 6) is -0.281. The van der Waals surface area contributed by atoms with E-state index in [2.05, 4.69) is 45.9 Å². The molecule has 0 saturated carbocycles. The van der Waals surface area contributed by atoms with E-state index in [0.717, 1.165) is 65.1 Å². The first kappa shape index (κ1) is 35.7. The van der Waals surface area contributed by atoms with Crippen molar-refractivity contribution < 1.29 is 17.1 Å². The van der Waals surface area contributed by atoms with Crippen LogP contribution >= 0.6 is 0 Å². The molecule has 2 aromatic heterocycles. The highest BCUT2D eigenvalue weighted by atomic mass is 16.2. The Labute approximate surface area is 315 Å². The van der Waals surface area contributed by atoms with Gasteiger partial charge in [0.1, 0.15) is 0 Å². The zero-order valence-corrected chi connectivity index (χ0v) is 31.5. The van der Waals surface area contributed by atoms with E-state index in [1.165, 1.54) is 32.0 Å². The monoisotopic (exact) mass is 712 g/mol. The molecule has 0 radical (unpaired) electrons. The molecule has 272 valence electrons. The number of benzene rings is 2. The molecule has 0 spiro atoms. The van der Waals surface area contributed by atoms with Gasteiger partial charge in [-0.15, -0.1) is 0 Å². The molecule has 53 heavy (non-hydrogen) atoms. The zero-order valence-electron chi connectivity index (χ0n) is 33.5. The molecule has 0 aliphatic heterocycles. The molecular formula is C44H48N6O3. The van der Waals surface area contributed by atoms with E-state index in [4.69, 9.17) is 21.0 Å². The second-order valence-electron chi connectivity index (χ2n) is 14.7. The summed E-state index contributed by atoms with van der Waals surface area (Å²) in [6.45, 7) is 24.3. The molecule has 0 amide bonds. The van der Waals surface area contributed by atoms with Crippen LogP contribution in [-0.4, -0.2) is 37.5 Å². The highest BCUT2D eigenvalue weighted by Gasteiger charge is 2.51. The van der Waals surface area contributed by atoms with Gasteiger partial charge in [-0.1, -0.05) is 115 Å². The number of rotatable bonds is 2. The summed E-state index contributed by atoms with van der Waals surface area (Å²) in [6, 6.07) is 20.0. The topological polar surface area (TPSA) is 106 Å². The van der Waals surface area contributed by atoms with Crippen molar-refractivity contribution in [2.45, 2.75) is 85.9 Å². The van der Waals surface area contributed by atoms with E-state index in [-0.39, 0.29) is 58.0 Å². The number of aromatic amines is 1. The molecule has 9 nitrogen and oxygen atoms in total. The maximum Gasteiger partial charge on any atom is 0.244 e. The van der Waals surface area contributed by atoms with Crippen LogP contribution in [-0.2, 0) is 33.3 Å². The average molecular weight is 713 g/mol. The molecule has 0 unspecified atom stereocenters. The SMILES string of the molecule is [3H]C.[3H]C.[C-]#[N+]C1=C[C@]2(C)c3[nH]nc(-c4ccccc4)c3CC[C@H]2[C@H](C)C1=O.[C-]#[N+]C1=C[C@]2(C)c3nn(C(C)=O)c(-c4ccccc4)c3CC[C@H]2[C@H](C)C1=O. The van der Waals surface area contributed by atoms with Gasteiger partial charge in [0.2, 0.25) is 17.3 Å². The van der Waals surface area contributed by atoms with E-state index in [1.54, 1.807) is 6.08 Å². The van der Waals surface area contributed by atoms with Gasteiger partial charge in [0.05, 0.1) is 30.2 Å². The molecule has 1 N–H and O–H groups in total. The number of carbonyl (C=O) groups is 3. The molecule has 2 aromatic carbocycles. The van der Waals surface area contributed by atoms with E-state index >= 15 is 0 Å². The van der Waals surface area contributed by atoms with Gasteiger partial charge in [-0.25, -0.2) is 9.69 Å². The van der Waals surface area contributed by atoms with Crippen LogP contribution in [0.1, 0.15) is 92.3 Å². The lowest BCUT2D eigenvalue weighted by atomic mass is 9.58. The van der Waals surface area contributed by atoms with Gasteiger partial charge in [-0.05, 0) is 37.5 Å². The Hall–Kier alpha value is -5.67.